The monoisotopic (exact) mass is 260 g/mol. The molecule has 0 saturated carbocycles. The van der Waals surface area contributed by atoms with Crippen molar-refractivity contribution in [3.63, 3.8) is 0 Å². The predicted octanol–water partition coefficient (Wildman–Crippen LogP) is 4.46. The third kappa shape index (κ3) is 1.76. The summed E-state index contributed by atoms with van der Waals surface area (Å²) in [7, 11) is 0.151. The number of aryl methyl sites for hydroxylation is 1. The molecule has 0 radical (unpaired) electrons. The van der Waals surface area contributed by atoms with Gasteiger partial charge in [0, 0.05) is 0 Å². The van der Waals surface area contributed by atoms with Gasteiger partial charge in [-0.3, -0.25) is 0 Å². The molecule has 98 valence electrons. The average Bonchev–Trinajstić information content (AvgIpc) is 2.27. The number of rotatable bonds is 0. The Morgan fingerprint density at radius 2 is 1.33 bits per heavy atom. The summed E-state index contributed by atoms with van der Waals surface area (Å²) in [4.78, 5) is 0. The van der Waals surface area contributed by atoms with Crippen molar-refractivity contribution in [2.75, 3.05) is 12.3 Å². The molecule has 0 N–H and O–H groups in total. The van der Waals surface area contributed by atoms with Gasteiger partial charge in [-0.25, -0.2) is 0 Å². The Hall–Kier alpha value is -0.350. The molecule has 2 heterocycles. The van der Waals surface area contributed by atoms with Gasteiger partial charge < -0.3 is 0 Å². The highest BCUT2D eigenvalue weighted by molar-refractivity contribution is 7.66. The minimum atomic E-state index is 0.151. The van der Waals surface area contributed by atoms with Crippen LogP contribution in [0.15, 0.2) is 12.1 Å². The second-order valence-electron chi connectivity index (χ2n) is 7.46. The maximum Gasteiger partial charge on any atom is -0.00936 e. The predicted molar refractivity (Wildman–Crippen MR) is 82.8 cm³/mol. The topological polar surface area (TPSA) is 0 Å². The molecule has 0 spiro atoms. The molecule has 0 aromatic heterocycles. The van der Waals surface area contributed by atoms with Gasteiger partial charge in [0.05, 0.1) is 0 Å². The summed E-state index contributed by atoms with van der Waals surface area (Å²) in [5, 5.41) is 1.79. The van der Waals surface area contributed by atoms with Crippen LogP contribution in [0, 0.1) is 6.92 Å². The van der Waals surface area contributed by atoms with Gasteiger partial charge in [-0.15, -0.1) is 0 Å². The largest absolute Gasteiger partial charge is 0.0746 e. The van der Waals surface area contributed by atoms with Crippen LogP contribution < -0.4 is 5.30 Å². The normalized spacial score (nSPS) is 24.7. The molecule has 0 atom stereocenters. The van der Waals surface area contributed by atoms with Crippen LogP contribution in [0.25, 0.3) is 0 Å². The first kappa shape index (κ1) is 12.7. The van der Waals surface area contributed by atoms with Crippen LogP contribution in [0.1, 0.15) is 57.2 Å². The Bertz CT molecular complexity index is 455. The van der Waals surface area contributed by atoms with Crippen molar-refractivity contribution in [1.29, 1.82) is 0 Å². The molecular weight excluding hydrogens is 235 g/mol. The van der Waals surface area contributed by atoms with Crippen molar-refractivity contribution in [1.82, 2.24) is 0 Å². The minimum Gasteiger partial charge on any atom is -0.0746 e. The van der Waals surface area contributed by atoms with E-state index in [1.807, 2.05) is 0 Å². The van der Waals surface area contributed by atoms with Crippen LogP contribution in [0.4, 0.5) is 0 Å². The first-order valence-electron chi connectivity index (χ1n) is 7.22. The summed E-state index contributed by atoms with van der Waals surface area (Å²) in [5.41, 5.74) is 5.61. The Labute approximate surface area is 113 Å². The van der Waals surface area contributed by atoms with Crippen molar-refractivity contribution in [3.8, 4) is 0 Å². The van der Waals surface area contributed by atoms with Crippen LogP contribution in [-0.4, -0.2) is 12.3 Å². The Morgan fingerprint density at radius 3 is 1.78 bits per heavy atom. The molecular formula is C17H25P. The van der Waals surface area contributed by atoms with E-state index in [2.05, 4.69) is 46.8 Å². The molecule has 18 heavy (non-hydrogen) atoms. The molecule has 0 amide bonds. The van der Waals surface area contributed by atoms with Crippen molar-refractivity contribution in [2.45, 2.75) is 58.3 Å². The number of hydrogen-bond donors (Lipinski definition) is 0. The molecule has 1 heteroatoms. The third-order valence-electron chi connectivity index (χ3n) is 5.04. The summed E-state index contributed by atoms with van der Waals surface area (Å²) in [6.45, 7) is 12.0. The van der Waals surface area contributed by atoms with Crippen molar-refractivity contribution < 1.29 is 0 Å². The van der Waals surface area contributed by atoms with Gasteiger partial charge in [0.15, 0.2) is 0 Å². The fourth-order valence-electron chi connectivity index (χ4n) is 3.58. The highest BCUT2D eigenvalue weighted by Gasteiger charge is 2.40. The molecule has 2 aliphatic rings. The first-order valence-corrected chi connectivity index (χ1v) is 8.93. The maximum atomic E-state index is 2.48. The average molecular weight is 260 g/mol. The summed E-state index contributed by atoms with van der Waals surface area (Å²) in [6, 6.07) is 4.96. The van der Waals surface area contributed by atoms with Crippen LogP contribution in [-0.2, 0) is 10.8 Å². The lowest BCUT2D eigenvalue weighted by Crippen LogP contribution is -2.41. The van der Waals surface area contributed by atoms with Gasteiger partial charge in [0.1, 0.15) is 0 Å². The first-order chi connectivity index (χ1) is 8.31. The lowest BCUT2D eigenvalue weighted by atomic mass is 9.75. The smallest absolute Gasteiger partial charge is 0.00936 e. The molecule has 1 aromatic carbocycles. The second-order valence-corrected chi connectivity index (χ2v) is 9.88. The van der Waals surface area contributed by atoms with Crippen LogP contribution in [0.2, 0.25) is 0 Å². The lowest BCUT2D eigenvalue weighted by Gasteiger charge is -2.46. The van der Waals surface area contributed by atoms with Crippen molar-refractivity contribution >= 4 is 13.2 Å². The molecule has 0 fully saturated rings. The van der Waals surface area contributed by atoms with Gasteiger partial charge in [0.2, 0.25) is 0 Å². The zero-order valence-corrected chi connectivity index (χ0v) is 13.3. The molecule has 0 unspecified atom stereocenters. The summed E-state index contributed by atoms with van der Waals surface area (Å²) < 4.78 is 0. The van der Waals surface area contributed by atoms with Gasteiger partial charge in [0.25, 0.3) is 0 Å². The van der Waals surface area contributed by atoms with E-state index >= 15 is 0 Å². The van der Waals surface area contributed by atoms with E-state index in [1.54, 1.807) is 16.4 Å². The van der Waals surface area contributed by atoms with E-state index in [9.17, 15) is 0 Å². The minimum absolute atomic E-state index is 0.151. The highest BCUT2D eigenvalue weighted by Crippen LogP contribution is 2.54. The van der Waals surface area contributed by atoms with Gasteiger partial charge in [-0.1, -0.05) is 53.3 Å². The van der Waals surface area contributed by atoms with Crippen LogP contribution in [0.3, 0.4) is 0 Å². The number of hydrogen-bond acceptors (Lipinski definition) is 0. The van der Waals surface area contributed by atoms with E-state index in [-0.39, 0.29) is 7.92 Å². The maximum absolute atomic E-state index is 2.48. The Kier molecular flexibility index (Phi) is 2.69. The molecule has 2 aliphatic heterocycles. The van der Waals surface area contributed by atoms with E-state index in [1.165, 1.54) is 30.7 Å². The Morgan fingerprint density at radius 1 is 0.889 bits per heavy atom. The van der Waals surface area contributed by atoms with E-state index in [4.69, 9.17) is 0 Å². The van der Waals surface area contributed by atoms with E-state index < -0.39 is 0 Å². The van der Waals surface area contributed by atoms with Crippen molar-refractivity contribution in [3.05, 3.63) is 28.8 Å². The standard InChI is InChI=1S/C17H25P/c1-12-10-13-15-14(11-12)17(4,5)7-9-18(15)8-6-16(13,2)3/h10-11H,6-9H2,1-5H3. The molecule has 0 saturated heterocycles. The molecule has 0 aliphatic carbocycles. The fraction of sp³-hybridized carbons (Fsp3) is 0.647. The zero-order valence-electron chi connectivity index (χ0n) is 12.4. The van der Waals surface area contributed by atoms with Gasteiger partial charge >= 0.3 is 0 Å². The summed E-state index contributed by atoms with van der Waals surface area (Å²) >= 11 is 0. The fourth-order valence-corrected chi connectivity index (χ4v) is 7.33. The third-order valence-corrected chi connectivity index (χ3v) is 7.68. The zero-order chi connectivity index (χ0) is 13.1. The summed E-state index contributed by atoms with van der Waals surface area (Å²) in [6.07, 6.45) is 5.69. The highest BCUT2D eigenvalue weighted by atomic mass is 31.1. The quantitative estimate of drug-likeness (QED) is 0.604. The van der Waals surface area contributed by atoms with Crippen molar-refractivity contribution in [2.24, 2.45) is 0 Å². The number of benzene rings is 1. The van der Waals surface area contributed by atoms with Crippen LogP contribution in [0.5, 0.6) is 0 Å². The lowest BCUT2D eigenvalue weighted by molar-refractivity contribution is 0.480. The molecule has 1 aromatic rings. The van der Waals surface area contributed by atoms with E-state index in [0.717, 1.165) is 0 Å². The SMILES string of the molecule is Cc1cc2c3c(c1)C(C)(C)CCP3CCC2(C)C. The van der Waals surface area contributed by atoms with Gasteiger partial charge in [-0.2, -0.15) is 0 Å². The molecule has 0 nitrogen and oxygen atoms in total. The molecule has 3 rings (SSSR count). The van der Waals surface area contributed by atoms with E-state index in [0.29, 0.717) is 10.8 Å². The van der Waals surface area contributed by atoms with Gasteiger partial charge in [-0.05, 0) is 59.4 Å². The second kappa shape index (κ2) is 3.83. The summed E-state index contributed by atoms with van der Waals surface area (Å²) in [5.74, 6) is 0. The molecule has 0 bridgehead atoms. The Balaban J connectivity index is 2.31. The van der Waals surface area contributed by atoms with Crippen LogP contribution >= 0.6 is 7.92 Å².